The summed E-state index contributed by atoms with van der Waals surface area (Å²) >= 11 is 0. The Morgan fingerprint density at radius 2 is 1.86 bits per heavy atom. The van der Waals surface area contributed by atoms with Crippen molar-refractivity contribution < 1.29 is 18.7 Å². The number of carbonyl (C=O) groups excluding carboxylic acids is 2. The Labute approximate surface area is 122 Å². The van der Waals surface area contributed by atoms with Crippen molar-refractivity contribution in [2.75, 3.05) is 0 Å². The highest BCUT2D eigenvalue weighted by atomic mass is 19.1. The molecule has 6 heteroatoms. The zero-order valence-electron chi connectivity index (χ0n) is 11.8. The summed E-state index contributed by atoms with van der Waals surface area (Å²) in [6.45, 7) is 3.33. The second kappa shape index (κ2) is 8.52. The van der Waals surface area contributed by atoms with Crippen molar-refractivity contribution in [3.8, 4) is 5.75 Å². The van der Waals surface area contributed by atoms with E-state index in [1.54, 1.807) is 18.2 Å². The average molecular weight is 292 g/mol. The van der Waals surface area contributed by atoms with Crippen LogP contribution in [0, 0.1) is 5.82 Å². The smallest absolute Gasteiger partial charge is 0.279 e. The first kappa shape index (κ1) is 16.4. The average Bonchev–Trinajstić information content (AvgIpc) is 2.47. The van der Waals surface area contributed by atoms with Crippen LogP contribution in [0.2, 0.25) is 0 Å². The maximum Gasteiger partial charge on any atom is 0.279 e. The zero-order valence-corrected chi connectivity index (χ0v) is 11.8. The number of nitrogens with one attached hydrogen (secondary N) is 2. The standard InChI is InChI=1S/C15H17FN2O3/c1-3-4-5-6-14(19)17-18-15(20)11(2)21-13-9-7-12(16)8-10-13/h3-11H,1-2H3,(H,17,19)(H,18,20)/b4-3+,6-5+/t11-/m1/s1. The Balaban J connectivity index is 2.40. The maximum atomic E-state index is 12.7. The predicted octanol–water partition coefficient (Wildman–Crippen LogP) is 1.87. The molecule has 1 atom stereocenters. The molecular weight excluding hydrogens is 275 g/mol. The molecule has 0 bridgehead atoms. The molecule has 0 spiro atoms. The minimum absolute atomic E-state index is 0.360. The van der Waals surface area contributed by atoms with Crippen molar-refractivity contribution in [3.63, 3.8) is 0 Å². The normalized spacial score (nSPS) is 12.3. The number of rotatable bonds is 5. The van der Waals surface area contributed by atoms with Crippen LogP contribution in [0.15, 0.2) is 48.6 Å². The summed E-state index contributed by atoms with van der Waals surface area (Å²) in [6.07, 6.45) is 5.42. The fourth-order valence-electron chi connectivity index (χ4n) is 1.29. The molecule has 5 nitrogen and oxygen atoms in total. The quantitative estimate of drug-likeness (QED) is 0.494. The van der Waals surface area contributed by atoms with Gasteiger partial charge in [-0.05, 0) is 38.1 Å². The molecule has 1 aromatic carbocycles. The van der Waals surface area contributed by atoms with E-state index in [4.69, 9.17) is 4.74 Å². The number of hydrazine groups is 1. The molecule has 1 aromatic rings. The molecule has 112 valence electrons. The second-order valence-electron chi connectivity index (χ2n) is 4.08. The molecule has 0 aromatic heterocycles. The molecular formula is C15H17FN2O3. The first-order valence-corrected chi connectivity index (χ1v) is 6.34. The van der Waals surface area contributed by atoms with E-state index < -0.39 is 17.9 Å². The largest absolute Gasteiger partial charge is 0.481 e. The summed E-state index contributed by atoms with van der Waals surface area (Å²) in [5.74, 6) is -1.01. The van der Waals surface area contributed by atoms with Gasteiger partial charge in [0.05, 0.1) is 0 Å². The predicted molar refractivity (Wildman–Crippen MR) is 76.7 cm³/mol. The number of carbonyl (C=O) groups is 2. The van der Waals surface area contributed by atoms with Gasteiger partial charge in [0.15, 0.2) is 6.10 Å². The van der Waals surface area contributed by atoms with Gasteiger partial charge in [-0.1, -0.05) is 18.2 Å². The molecule has 0 unspecified atom stereocenters. The SMILES string of the molecule is C/C=C/C=C/C(=O)NNC(=O)[C@@H](C)Oc1ccc(F)cc1. The lowest BCUT2D eigenvalue weighted by Crippen LogP contribution is -2.46. The second-order valence-corrected chi connectivity index (χ2v) is 4.08. The van der Waals surface area contributed by atoms with Gasteiger partial charge in [-0.2, -0.15) is 0 Å². The van der Waals surface area contributed by atoms with Gasteiger partial charge < -0.3 is 4.74 Å². The molecule has 0 aliphatic rings. The summed E-state index contributed by atoms with van der Waals surface area (Å²) in [5.41, 5.74) is 4.45. The van der Waals surface area contributed by atoms with Crippen LogP contribution in [0.25, 0.3) is 0 Å². The first-order chi connectivity index (χ1) is 10.0. The Bertz CT molecular complexity index is 538. The van der Waals surface area contributed by atoms with E-state index in [1.807, 2.05) is 6.92 Å². The van der Waals surface area contributed by atoms with E-state index >= 15 is 0 Å². The van der Waals surface area contributed by atoms with Crippen LogP contribution in [-0.2, 0) is 9.59 Å². The number of allylic oxidation sites excluding steroid dienone is 3. The minimum atomic E-state index is -0.838. The summed E-state index contributed by atoms with van der Waals surface area (Å²) in [6, 6.07) is 5.29. The van der Waals surface area contributed by atoms with Crippen molar-refractivity contribution in [2.24, 2.45) is 0 Å². The van der Waals surface area contributed by atoms with E-state index in [1.165, 1.54) is 37.3 Å². The highest BCUT2D eigenvalue weighted by molar-refractivity contribution is 5.90. The van der Waals surface area contributed by atoms with E-state index in [-0.39, 0.29) is 5.82 Å². The van der Waals surface area contributed by atoms with Gasteiger partial charge in [0, 0.05) is 6.08 Å². The van der Waals surface area contributed by atoms with Crippen molar-refractivity contribution >= 4 is 11.8 Å². The van der Waals surface area contributed by atoms with Crippen LogP contribution in [0.5, 0.6) is 5.75 Å². The van der Waals surface area contributed by atoms with Crippen molar-refractivity contribution in [3.05, 3.63) is 54.4 Å². The molecule has 2 N–H and O–H groups in total. The van der Waals surface area contributed by atoms with Crippen molar-refractivity contribution in [1.82, 2.24) is 10.9 Å². The van der Waals surface area contributed by atoms with Crippen molar-refractivity contribution in [2.45, 2.75) is 20.0 Å². The number of amides is 2. The highest BCUT2D eigenvalue weighted by Gasteiger charge is 2.14. The number of hydrogen-bond acceptors (Lipinski definition) is 3. The van der Waals surface area contributed by atoms with Crippen LogP contribution in [-0.4, -0.2) is 17.9 Å². The van der Waals surface area contributed by atoms with Crippen LogP contribution in [0.1, 0.15) is 13.8 Å². The Morgan fingerprint density at radius 1 is 1.19 bits per heavy atom. The minimum Gasteiger partial charge on any atom is -0.481 e. The molecule has 21 heavy (non-hydrogen) atoms. The number of hydrogen-bond donors (Lipinski definition) is 2. The first-order valence-electron chi connectivity index (χ1n) is 6.34. The van der Waals surface area contributed by atoms with Gasteiger partial charge in [-0.3, -0.25) is 20.4 Å². The molecule has 0 radical (unpaired) electrons. The molecule has 0 heterocycles. The van der Waals surface area contributed by atoms with E-state index in [9.17, 15) is 14.0 Å². The van der Waals surface area contributed by atoms with Gasteiger partial charge in [0.2, 0.25) is 0 Å². The third-order valence-corrected chi connectivity index (χ3v) is 2.36. The number of benzene rings is 1. The van der Waals surface area contributed by atoms with E-state index in [2.05, 4.69) is 10.9 Å². The Kier molecular flexibility index (Phi) is 6.67. The molecule has 1 rings (SSSR count). The van der Waals surface area contributed by atoms with Crippen LogP contribution < -0.4 is 15.6 Å². The third-order valence-electron chi connectivity index (χ3n) is 2.36. The van der Waals surface area contributed by atoms with E-state index in [0.717, 1.165) is 0 Å². The van der Waals surface area contributed by atoms with E-state index in [0.29, 0.717) is 5.75 Å². The number of halogens is 1. The summed E-state index contributed by atoms with van der Waals surface area (Å²) in [7, 11) is 0. The lowest BCUT2D eigenvalue weighted by molar-refractivity contribution is -0.131. The number of ether oxygens (including phenoxy) is 1. The van der Waals surface area contributed by atoms with Gasteiger partial charge in [0.1, 0.15) is 11.6 Å². The van der Waals surface area contributed by atoms with Gasteiger partial charge in [0.25, 0.3) is 11.8 Å². The lowest BCUT2D eigenvalue weighted by Gasteiger charge is -2.14. The monoisotopic (exact) mass is 292 g/mol. The van der Waals surface area contributed by atoms with Crippen LogP contribution in [0.4, 0.5) is 4.39 Å². The molecule has 2 amide bonds. The Hall–Kier alpha value is -2.63. The topological polar surface area (TPSA) is 67.4 Å². The fraction of sp³-hybridized carbons (Fsp3) is 0.200. The highest BCUT2D eigenvalue weighted by Crippen LogP contribution is 2.12. The summed E-state index contributed by atoms with van der Waals surface area (Å²) in [5, 5.41) is 0. The van der Waals surface area contributed by atoms with Gasteiger partial charge in [-0.15, -0.1) is 0 Å². The summed E-state index contributed by atoms with van der Waals surface area (Å²) < 4.78 is 18.0. The molecule has 0 aliphatic heterocycles. The molecule has 0 saturated carbocycles. The fourth-order valence-corrected chi connectivity index (χ4v) is 1.29. The summed E-state index contributed by atoms with van der Waals surface area (Å²) in [4.78, 5) is 23.0. The maximum absolute atomic E-state index is 12.7. The van der Waals surface area contributed by atoms with Crippen LogP contribution >= 0.6 is 0 Å². The third kappa shape index (κ3) is 6.38. The van der Waals surface area contributed by atoms with Gasteiger partial charge >= 0.3 is 0 Å². The van der Waals surface area contributed by atoms with Crippen LogP contribution in [0.3, 0.4) is 0 Å². The van der Waals surface area contributed by atoms with Crippen molar-refractivity contribution in [1.29, 1.82) is 0 Å². The molecule has 0 fully saturated rings. The lowest BCUT2D eigenvalue weighted by atomic mass is 10.3. The van der Waals surface area contributed by atoms with Gasteiger partial charge in [-0.25, -0.2) is 4.39 Å². The Morgan fingerprint density at radius 3 is 2.48 bits per heavy atom. The molecule has 0 aliphatic carbocycles. The molecule has 0 saturated heterocycles. The zero-order chi connectivity index (χ0) is 15.7.